The molecule has 0 aromatic heterocycles. The molecule has 5 nitrogen and oxygen atoms in total. The maximum absolute atomic E-state index is 12.4. The van der Waals surface area contributed by atoms with Crippen LogP contribution in [0.15, 0.2) is 42.5 Å². The fourth-order valence-corrected chi connectivity index (χ4v) is 3.13. The number of methoxy groups -OCH3 is 1. The maximum atomic E-state index is 12.4. The molecule has 0 spiro atoms. The minimum Gasteiger partial charge on any atom is -0.495 e. The van der Waals surface area contributed by atoms with E-state index in [0.717, 1.165) is 30.3 Å². The summed E-state index contributed by atoms with van der Waals surface area (Å²) in [4.78, 5) is 16.6. The SMILES string of the molecule is COc1ccccc1N1CCN(C(=O)COc2ccc(C)c(C)c2)CC1. The summed E-state index contributed by atoms with van der Waals surface area (Å²) >= 11 is 0. The Bertz CT molecular complexity index is 768. The number of carbonyl (C=O) groups is 1. The third kappa shape index (κ3) is 4.10. The zero-order valence-electron chi connectivity index (χ0n) is 15.7. The fourth-order valence-electron chi connectivity index (χ4n) is 3.13. The van der Waals surface area contributed by atoms with Gasteiger partial charge in [0.25, 0.3) is 5.91 Å². The normalized spacial score (nSPS) is 14.3. The van der Waals surface area contributed by atoms with E-state index >= 15 is 0 Å². The molecule has 1 aliphatic rings. The zero-order valence-corrected chi connectivity index (χ0v) is 15.7. The Balaban J connectivity index is 1.52. The molecule has 2 aromatic carbocycles. The van der Waals surface area contributed by atoms with Crippen LogP contribution in [0.4, 0.5) is 5.69 Å². The smallest absolute Gasteiger partial charge is 0.260 e. The number of ether oxygens (including phenoxy) is 2. The number of benzene rings is 2. The monoisotopic (exact) mass is 354 g/mol. The summed E-state index contributed by atoms with van der Waals surface area (Å²) in [6, 6.07) is 13.9. The Morgan fingerprint density at radius 1 is 1.00 bits per heavy atom. The van der Waals surface area contributed by atoms with Crippen molar-refractivity contribution >= 4 is 11.6 Å². The van der Waals surface area contributed by atoms with Crippen molar-refractivity contribution in [1.29, 1.82) is 0 Å². The van der Waals surface area contributed by atoms with Crippen molar-refractivity contribution in [3.05, 3.63) is 53.6 Å². The fraction of sp³-hybridized carbons (Fsp3) is 0.381. The minimum absolute atomic E-state index is 0.0305. The lowest BCUT2D eigenvalue weighted by Gasteiger charge is -2.36. The second-order valence-corrected chi connectivity index (χ2v) is 6.57. The van der Waals surface area contributed by atoms with Gasteiger partial charge in [-0.15, -0.1) is 0 Å². The van der Waals surface area contributed by atoms with Gasteiger partial charge in [-0.2, -0.15) is 0 Å². The van der Waals surface area contributed by atoms with Crippen LogP contribution >= 0.6 is 0 Å². The summed E-state index contributed by atoms with van der Waals surface area (Å²) in [6.07, 6.45) is 0. The Kier molecular flexibility index (Phi) is 5.66. The van der Waals surface area contributed by atoms with Gasteiger partial charge in [-0.25, -0.2) is 0 Å². The first-order chi connectivity index (χ1) is 12.6. The highest BCUT2D eigenvalue weighted by atomic mass is 16.5. The van der Waals surface area contributed by atoms with E-state index in [0.29, 0.717) is 13.1 Å². The number of nitrogens with zero attached hydrogens (tertiary/aromatic N) is 2. The second-order valence-electron chi connectivity index (χ2n) is 6.57. The molecule has 1 saturated heterocycles. The van der Waals surface area contributed by atoms with Crippen LogP contribution in [-0.2, 0) is 4.79 Å². The third-order valence-electron chi connectivity index (χ3n) is 4.90. The van der Waals surface area contributed by atoms with E-state index in [9.17, 15) is 4.79 Å². The molecule has 0 unspecified atom stereocenters. The number of aryl methyl sites for hydroxylation is 2. The number of hydrogen-bond donors (Lipinski definition) is 0. The molecule has 0 atom stereocenters. The van der Waals surface area contributed by atoms with Crippen LogP contribution in [0.2, 0.25) is 0 Å². The van der Waals surface area contributed by atoms with E-state index in [1.807, 2.05) is 48.2 Å². The Morgan fingerprint density at radius 3 is 2.42 bits per heavy atom. The van der Waals surface area contributed by atoms with Crippen molar-refractivity contribution in [2.45, 2.75) is 13.8 Å². The van der Waals surface area contributed by atoms with Crippen LogP contribution in [0, 0.1) is 13.8 Å². The summed E-state index contributed by atoms with van der Waals surface area (Å²) in [5.41, 5.74) is 3.46. The maximum Gasteiger partial charge on any atom is 0.260 e. The predicted octanol–water partition coefficient (Wildman–Crippen LogP) is 3.04. The number of amides is 1. The summed E-state index contributed by atoms with van der Waals surface area (Å²) in [7, 11) is 1.68. The Labute approximate surface area is 155 Å². The average Bonchev–Trinajstić information content (AvgIpc) is 2.68. The highest BCUT2D eigenvalue weighted by Crippen LogP contribution is 2.28. The van der Waals surface area contributed by atoms with Crippen molar-refractivity contribution in [2.24, 2.45) is 0 Å². The van der Waals surface area contributed by atoms with E-state index in [1.54, 1.807) is 7.11 Å². The van der Waals surface area contributed by atoms with Crippen molar-refractivity contribution in [3.63, 3.8) is 0 Å². The Morgan fingerprint density at radius 2 is 1.73 bits per heavy atom. The summed E-state index contributed by atoms with van der Waals surface area (Å²) in [6.45, 7) is 7.13. The minimum atomic E-state index is 0.0305. The van der Waals surface area contributed by atoms with Crippen molar-refractivity contribution in [2.75, 3.05) is 44.8 Å². The van der Waals surface area contributed by atoms with Gasteiger partial charge in [0.05, 0.1) is 12.8 Å². The van der Waals surface area contributed by atoms with Gasteiger partial charge < -0.3 is 19.3 Å². The van der Waals surface area contributed by atoms with Crippen LogP contribution in [0.3, 0.4) is 0 Å². The molecule has 1 fully saturated rings. The largest absolute Gasteiger partial charge is 0.495 e. The van der Waals surface area contributed by atoms with Gasteiger partial charge in [0, 0.05) is 26.2 Å². The van der Waals surface area contributed by atoms with Crippen LogP contribution in [-0.4, -0.2) is 50.7 Å². The number of anilines is 1. The Hall–Kier alpha value is -2.69. The van der Waals surface area contributed by atoms with Gasteiger partial charge in [-0.3, -0.25) is 4.79 Å². The van der Waals surface area contributed by atoms with E-state index in [2.05, 4.69) is 17.9 Å². The van der Waals surface area contributed by atoms with Crippen LogP contribution in [0.5, 0.6) is 11.5 Å². The summed E-state index contributed by atoms with van der Waals surface area (Å²) in [5, 5.41) is 0. The lowest BCUT2D eigenvalue weighted by molar-refractivity contribution is -0.133. The summed E-state index contributed by atoms with van der Waals surface area (Å²) in [5.74, 6) is 1.64. The molecule has 2 aromatic rings. The highest BCUT2D eigenvalue weighted by molar-refractivity contribution is 5.78. The number of hydrogen-bond acceptors (Lipinski definition) is 4. The average molecular weight is 354 g/mol. The summed E-state index contributed by atoms with van der Waals surface area (Å²) < 4.78 is 11.1. The topological polar surface area (TPSA) is 42.0 Å². The molecule has 0 saturated carbocycles. The molecule has 26 heavy (non-hydrogen) atoms. The molecule has 0 N–H and O–H groups in total. The van der Waals surface area contributed by atoms with E-state index < -0.39 is 0 Å². The van der Waals surface area contributed by atoms with Gasteiger partial charge in [-0.1, -0.05) is 18.2 Å². The molecular weight excluding hydrogens is 328 g/mol. The van der Waals surface area contributed by atoms with Gasteiger partial charge in [0.1, 0.15) is 11.5 Å². The number of piperazine rings is 1. The first-order valence-electron chi connectivity index (χ1n) is 8.94. The molecule has 1 heterocycles. The van der Waals surface area contributed by atoms with Crippen molar-refractivity contribution < 1.29 is 14.3 Å². The van der Waals surface area contributed by atoms with Gasteiger partial charge >= 0.3 is 0 Å². The van der Waals surface area contributed by atoms with E-state index in [-0.39, 0.29) is 12.5 Å². The number of carbonyl (C=O) groups excluding carboxylic acids is 1. The van der Waals surface area contributed by atoms with Crippen LogP contribution in [0.25, 0.3) is 0 Å². The molecule has 0 aliphatic carbocycles. The zero-order chi connectivity index (χ0) is 18.5. The van der Waals surface area contributed by atoms with E-state index in [1.165, 1.54) is 11.1 Å². The van der Waals surface area contributed by atoms with Gasteiger partial charge in [0.2, 0.25) is 0 Å². The molecule has 5 heteroatoms. The second kappa shape index (κ2) is 8.13. The van der Waals surface area contributed by atoms with E-state index in [4.69, 9.17) is 9.47 Å². The van der Waals surface area contributed by atoms with Crippen LogP contribution < -0.4 is 14.4 Å². The molecule has 0 bridgehead atoms. The first-order valence-corrected chi connectivity index (χ1v) is 8.94. The number of rotatable bonds is 5. The molecule has 1 aliphatic heterocycles. The number of para-hydroxylation sites is 2. The lowest BCUT2D eigenvalue weighted by Crippen LogP contribution is -2.50. The van der Waals surface area contributed by atoms with Gasteiger partial charge in [0.15, 0.2) is 6.61 Å². The molecule has 138 valence electrons. The molecule has 3 rings (SSSR count). The lowest BCUT2D eigenvalue weighted by atomic mass is 10.1. The van der Waals surface area contributed by atoms with Gasteiger partial charge in [-0.05, 0) is 49.2 Å². The third-order valence-corrected chi connectivity index (χ3v) is 4.90. The molecular formula is C21H26N2O3. The highest BCUT2D eigenvalue weighted by Gasteiger charge is 2.23. The first kappa shape index (κ1) is 18.1. The molecule has 1 amide bonds. The van der Waals surface area contributed by atoms with Crippen molar-refractivity contribution in [1.82, 2.24) is 4.90 Å². The van der Waals surface area contributed by atoms with Crippen molar-refractivity contribution in [3.8, 4) is 11.5 Å². The standard InChI is InChI=1S/C21H26N2O3/c1-16-8-9-18(14-17(16)2)26-15-21(24)23-12-10-22(11-13-23)19-6-4-5-7-20(19)25-3/h4-9,14H,10-13,15H2,1-3H3. The molecule has 0 radical (unpaired) electrons. The van der Waals surface area contributed by atoms with Crippen LogP contribution in [0.1, 0.15) is 11.1 Å². The quantitative estimate of drug-likeness (QED) is 0.828. The predicted molar refractivity (Wildman–Crippen MR) is 103 cm³/mol.